The van der Waals surface area contributed by atoms with Crippen molar-refractivity contribution in [2.75, 3.05) is 6.54 Å². The Morgan fingerprint density at radius 3 is 2.58 bits per heavy atom. The first-order chi connectivity index (χ1) is 11.6. The molecule has 1 fully saturated rings. The number of nitrogens with zero attached hydrogens (tertiary/aromatic N) is 1. The second-order valence-electron chi connectivity index (χ2n) is 6.09. The van der Waals surface area contributed by atoms with E-state index in [2.05, 4.69) is 28.1 Å². The lowest BCUT2D eigenvalue weighted by atomic mass is 10.0. The summed E-state index contributed by atoms with van der Waals surface area (Å²) in [4.78, 5) is 26.7. The van der Waals surface area contributed by atoms with Gasteiger partial charge in [-0.2, -0.15) is 0 Å². The molecule has 1 saturated heterocycles. The predicted octanol–water partition coefficient (Wildman–Crippen LogP) is 4.78. The van der Waals surface area contributed by atoms with Crippen molar-refractivity contribution >= 4 is 27.6 Å². The monoisotopic (exact) mass is 385 g/mol. The number of likely N-dealkylation sites (tertiary alicyclic amines) is 1. The average Bonchev–Trinajstić information content (AvgIpc) is 3.10. The van der Waals surface area contributed by atoms with E-state index < -0.39 is 0 Å². The van der Waals surface area contributed by atoms with E-state index in [0.717, 1.165) is 29.4 Å². The van der Waals surface area contributed by atoms with Crippen LogP contribution in [-0.4, -0.2) is 23.1 Å². The van der Waals surface area contributed by atoms with E-state index in [1.165, 1.54) is 0 Å². The molecule has 1 atom stereocenters. The molecule has 1 heterocycles. The molecular formula is C20H20BrNO2. The van der Waals surface area contributed by atoms with Gasteiger partial charge < -0.3 is 4.90 Å². The zero-order valence-corrected chi connectivity index (χ0v) is 15.0. The van der Waals surface area contributed by atoms with E-state index in [9.17, 15) is 9.59 Å². The fraction of sp³-hybridized carbons (Fsp3) is 0.300. The average molecular weight is 386 g/mol. The van der Waals surface area contributed by atoms with Gasteiger partial charge in [-0.05, 0) is 30.5 Å². The van der Waals surface area contributed by atoms with Gasteiger partial charge in [-0.1, -0.05) is 58.4 Å². The van der Waals surface area contributed by atoms with Gasteiger partial charge in [0.05, 0.1) is 6.04 Å². The normalized spacial score (nSPS) is 17.0. The molecule has 0 unspecified atom stereocenters. The smallest absolute Gasteiger partial charge is 0.223 e. The fourth-order valence-electron chi connectivity index (χ4n) is 3.26. The summed E-state index contributed by atoms with van der Waals surface area (Å²) < 4.78 is 1.03. The molecule has 4 heteroatoms. The van der Waals surface area contributed by atoms with E-state index >= 15 is 0 Å². The summed E-state index contributed by atoms with van der Waals surface area (Å²) in [6.07, 6.45) is 2.53. The highest BCUT2D eigenvalue weighted by Crippen LogP contribution is 2.33. The Balaban J connectivity index is 1.63. The maximum Gasteiger partial charge on any atom is 0.223 e. The number of rotatable bonds is 5. The van der Waals surface area contributed by atoms with Crippen molar-refractivity contribution in [3.8, 4) is 0 Å². The highest BCUT2D eigenvalue weighted by molar-refractivity contribution is 9.10. The van der Waals surface area contributed by atoms with Crippen molar-refractivity contribution in [2.45, 2.75) is 31.7 Å². The summed E-state index contributed by atoms with van der Waals surface area (Å²) in [6, 6.07) is 17.4. The highest BCUT2D eigenvalue weighted by Gasteiger charge is 2.29. The first-order valence-electron chi connectivity index (χ1n) is 8.28. The number of ketones is 1. The zero-order valence-electron chi connectivity index (χ0n) is 13.5. The van der Waals surface area contributed by atoms with Crippen LogP contribution in [0.2, 0.25) is 0 Å². The van der Waals surface area contributed by atoms with Crippen molar-refractivity contribution in [1.29, 1.82) is 0 Å². The third-order valence-corrected chi connectivity index (χ3v) is 4.96. The van der Waals surface area contributed by atoms with Crippen LogP contribution in [0.4, 0.5) is 0 Å². The van der Waals surface area contributed by atoms with Crippen molar-refractivity contribution in [3.05, 3.63) is 70.2 Å². The van der Waals surface area contributed by atoms with Crippen molar-refractivity contribution in [2.24, 2.45) is 0 Å². The molecule has 0 aliphatic carbocycles. The van der Waals surface area contributed by atoms with Gasteiger partial charge in [0.15, 0.2) is 5.78 Å². The Kier molecular flexibility index (Phi) is 5.46. The van der Waals surface area contributed by atoms with E-state index in [4.69, 9.17) is 0 Å². The van der Waals surface area contributed by atoms with E-state index in [1.54, 1.807) is 12.1 Å². The molecule has 1 aliphatic rings. The van der Waals surface area contributed by atoms with E-state index in [-0.39, 0.29) is 30.6 Å². The van der Waals surface area contributed by atoms with Gasteiger partial charge in [0.1, 0.15) is 0 Å². The van der Waals surface area contributed by atoms with E-state index in [1.807, 2.05) is 35.2 Å². The van der Waals surface area contributed by atoms with Gasteiger partial charge >= 0.3 is 0 Å². The molecule has 3 rings (SSSR count). The number of hydrogen-bond acceptors (Lipinski definition) is 2. The minimum atomic E-state index is 0.0298. The van der Waals surface area contributed by atoms with Crippen LogP contribution in [0, 0.1) is 0 Å². The van der Waals surface area contributed by atoms with Gasteiger partial charge in [0.25, 0.3) is 0 Å². The molecule has 2 aromatic rings. The summed E-state index contributed by atoms with van der Waals surface area (Å²) in [5.41, 5.74) is 1.83. The Bertz CT molecular complexity index is 729. The highest BCUT2D eigenvalue weighted by atomic mass is 79.9. The summed E-state index contributed by atoms with van der Waals surface area (Å²) in [7, 11) is 0. The van der Waals surface area contributed by atoms with Gasteiger partial charge in [-0.3, -0.25) is 9.59 Å². The number of hydrogen-bond donors (Lipinski definition) is 0. The van der Waals surface area contributed by atoms with Crippen LogP contribution in [0.5, 0.6) is 0 Å². The third kappa shape index (κ3) is 3.93. The number of amides is 1. The topological polar surface area (TPSA) is 37.4 Å². The number of halogens is 1. The van der Waals surface area contributed by atoms with Crippen LogP contribution in [0.1, 0.15) is 47.6 Å². The molecule has 2 aromatic carbocycles. The second kappa shape index (κ2) is 7.75. The molecule has 124 valence electrons. The van der Waals surface area contributed by atoms with Crippen LogP contribution in [-0.2, 0) is 4.79 Å². The molecule has 0 N–H and O–H groups in total. The van der Waals surface area contributed by atoms with Crippen LogP contribution in [0.15, 0.2) is 59.1 Å². The molecule has 24 heavy (non-hydrogen) atoms. The molecule has 0 aromatic heterocycles. The van der Waals surface area contributed by atoms with Crippen LogP contribution < -0.4 is 0 Å². The molecule has 0 spiro atoms. The standard InChI is InChI=1S/C20H20BrNO2/c21-17-9-4-8-16(14-17)18-10-5-13-22(18)20(24)12-11-19(23)15-6-2-1-3-7-15/h1-4,6-9,14,18H,5,10-13H2/t18-/m0/s1. The zero-order chi connectivity index (χ0) is 16.9. The van der Waals surface area contributed by atoms with Gasteiger partial charge in [-0.25, -0.2) is 0 Å². The Morgan fingerprint density at radius 2 is 1.83 bits per heavy atom. The molecule has 3 nitrogen and oxygen atoms in total. The van der Waals surface area contributed by atoms with Gasteiger partial charge in [0.2, 0.25) is 5.91 Å². The summed E-state index contributed by atoms with van der Waals surface area (Å²) in [5, 5.41) is 0. The molecular weight excluding hydrogens is 366 g/mol. The SMILES string of the molecule is O=C(CCC(=O)N1CCC[C@H]1c1cccc(Br)c1)c1ccccc1. The predicted molar refractivity (Wildman–Crippen MR) is 97.8 cm³/mol. The van der Waals surface area contributed by atoms with Crippen LogP contribution in [0.25, 0.3) is 0 Å². The summed E-state index contributed by atoms with van der Waals surface area (Å²) >= 11 is 3.49. The van der Waals surface area contributed by atoms with Gasteiger partial charge in [0, 0.05) is 29.4 Å². The Morgan fingerprint density at radius 1 is 1.04 bits per heavy atom. The van der Waals surface area contributed by atoms with Gasteiger partial charge in [-0.15, -0.1) is 0 Å². The number of Topliss-reactive ketones (excluding diaryl/α,β-unsaturated/α-hetero) is 1. The second-order valence-corrected chi connectivity index (χ2v) is 7.01. The largest absolute Gasteiger partial charge is 0.336 e. The maximum atomic E-state index is 12.6. The van der Waals surface area contributed by atoms with Crippen molar-refractivity contribution < 1.29 is 9.59 Å². The minimum Gasteiger partial charge on any atom is -0.336 e. The Labute approximate surface area is 150 Å². The number of benzene rings is 2. The molecule has 0 radical (unpaired) electrons. The molecule has 0 saturated carbocycles. The molecule has 1 aliphatic heterocycles. The summed E-state index contributed by atoms with van der Waals surface area (Å²) in [5.74, 6) is 0.101. The van der Waals surface area contributed by atoms with Crippen molar-refractivity contribution in [3.63, 3.8) is 0 Å². The lowest BCUT2D eigenvalue weighted by Gasteiger charge is -2.25. The third-order valence-electron chi connectivity index (χ3n) is 4.47. The quantitative estimate of drug-likeness (QED) is 0.694. The number of carbonyl (C=O) groups is 2. The Hall–Kier alpha value is -1.94. The first kappa shape index (κ1) is 16.9. The summed E-state index contributed by atoms with van der Waals surface area (Å²) in [6.45, 7) is 0.773. The van der Waals surface area contributed by atoms with Crippen molar-refractivity contribution in [1.82, 2.24) is 4.90 Å². The lowest BCUT2D eigenvalue weighted by Crippen LogP contribution is -2.30. The maximum absolute atomic E-state index is 12.6. The first-order valence-corrected chi connectivity index (χ1v) is 9.07. The van der Waals surface area contributed by atoms with Crippen LogP contribution >= 0.6 is 15.9 Å². The number of carbonyl (C=O) groups excluding carboxylic acids is 2. The minimum absolute atomic E-state index is 0.0298. The van der Waals surface area contributed by atoms with Crippen LogP contribution in [0.3, 0.4) is 0 Å². The van der Waals surface area contributed by atoms with E-state index in [0.29, 0.717) is 5.56 Å². The lowest BCUT2D eigenvalue weighted by molar-refractivity contribution is -0.132. The fourth-order valence-corrected chi connectivity index (χ4v) is 3.68. The molecule has 1 amide bonds. The molecule has 0 bridgehead atoms.